The lowest BCUT2D eigenvalue weighted by molar-refractivity contribution is -0.113. The summed E-state index contributed by atoms with van der Waals surface area (Å²) in [5.41, 5.74) is 0.936. The second-order valence-corrected chi connectivity index (χ2v) is 7.44. The zero-order valence-electron chi connectivity index (χ0n) is 16.3. The fraction of sp³-hybridized carbons (Fsp3) is 0.714. The number of aliphatic hydroxyl groups excluding tert-OH is 2. The molecule has 2 fully saturated rings. The van der Waals surface area contributed by atoms with Crippen LogP contribution in [-0.4, -0.2) is 55.0 Å². The van der Waals surface area contributed by atoms with Crippen molar-refractivity contribution in [2.75, 3.05) is 20.3 Å². The molecule has 3 atom stereocenters. The van der Waals surface area contributed by atoms with E-state index < -0.39 is 6.10 Å². The maximum atomic E-state index is 10.1. The highest BCUT2D eigenvalue weighted by atomic mass is 16.5. The van der Waals surface area contributed by atoms with Gasteiger partial charge >= 0.3 is 0 Å². The number of methoxy groups -OCH3 is 1. The van der Waals surface area contributed by atoms with Crippen molar-refractivity contribution in [1.29, 1.82) is 0 Å². The predicted octanol–water partition coefficient (Wildman–Crippen LogP) is 3.00. The van der Waals surface area contributed by atoms with E-state index >= 15 is 0 Å². The van der Waals surface area contributed by atoms with Gasteiger partial charge in [-0.2, -0.15) is 0 Å². The molecule has 1 aliphatic carbocycles. The SMILES string of the molecule is CCOC1CCC(Oc2cc(C3CC(O)CC(CO)O3)ccc2OC)CC1. The first-order valence-electron chi connectivity index (χ1n) is 10.0. The van der Waals surface area contributed by atoms with Crippen LogP contribution in [0.3, 0.4) is 0 Å². The summed E-state index contributed by atoms with van der Waals surface area (Å²) < 4.78 is 23.4. The van der Waals surface area contributed by atoms with Crippen LogP contribution in [0, 0.1) is 0 Å². The van der Waals surface area contributed by atoms with Crippen molar-refractivity contribution in [3.8, 4) is 11.5 Å². The molecular formula is C21H32O6. The molecule has 0 spiro atoms. The van der Waals surface area contributed by atoms with E-state index in [1.165, 1.54) is 0 Å². The second kappa shape index (κ2) is 9.73. The number of benzene rings is 1. The summed E-state index contributed by atoms with van der Waals surface area (Å²) in [4.78, 5) is 0. The Morgan fingerprint density at radius 3 is 2.48 bits per heavy atom. The highest BCUT2D eigenvalue weighted by molar-refractivity contribution is 5.44. The van der Waals surface area contributed by atoms with Gasteiger partial charge in [0, 0.05) is 19.4 Å². The molecule has 0 aromatic heterocycles. The molecule has 0 bridgehead atoms. The normalized spacial score (nSPS) is 31.5. The number of rotatable bonds is 7. The third-order valence-electron chi connectivity index (χ3n) is 5.46. The molecule has 6 nitrogen and oxygen atoms in total. The van der Waals surface area contributed by atoms with Crippen LogP contribution in [0.1, 0.15) is 57.1 Å². The van der Waals surface area contributed by atoms with Gasteiger partial charge < -0.3 is 29.2 Å². The average Bonchev–Trinajstić information content (AvgIpc) is 2.69. The molecule has 1 aromatic rings. The van der Waals surface area contributed by atoms with Crippen molar-refractivity contribution < 1.29 is 29.2 Å². The van der Waals surface area contributed by atoms with Crippen molar-refractivity contribution in [2.45, 2.75) is 76.0 Å². The van der Waals surface area contributed by atoms with E-state index in [1.54, 1.807) is 7.11 Å². The molecule has 1 aliphatic heterocycles. The zero-order valence-corrected chi connectivity index (χ0v) is 16.3. The molecule has 6 heteroatoms. The number of hydrogen-bond acceptors (Lipinski definition) is 6. The smallest absolute Gasteiger partial charge is 0.161 e. The van der Waals surface area contributed by atoms with E-state index in [1.807, 2.05) is 25.1 Å². The minimum absolute atomic E-state index is 0.0872. The molecule has 1 heterocycles. The summed E-state index contributed by atoms with van der Waals surface area (Å²) in [5.74, 6) is 1.40. The maximum Gasteiger partial charge on any atom is 0.161 e. The summed E-state index contributed by atoms with van der Waals surface area (Å²) >= 11 is 0. The van der Waals surface area contributed by atoms with E-state index in [0.717, 1.165) is 37.9 Å². The summed E-state index contributed by atoms with van der Waals surface area (Å²) in [6.07, 6.45) is 4.36. The average molecular weight is 380 g/mol. The number of ether oxygens (including phenoxy) is 4. The molecule has 1 saturated heterocycles. The first kappa shape index (κ1) is 20.4. The van der Waals surface area contributed by atoms with Gasteiger partial charge in [0.1, 0.15) is 0 Å². The van der Waals surface area contributed by atoms with Crippen molar-refractivity contribution in [1.82, 2.24) is 0 Å². The Morgan fingerprint density at radius 1 is 1.07 bits per heavy atom. The Kier molecular flexibility index (Phi) is 7.35. The first-order valence-corrected chi connectivity index (χ1v) is 10.0. The molecule has 2 N–H and O–H groups in total. The Morgan fingerprint density at radius 2 is 1.81 bits per heavy atom. The maximum absolute atomic E-state index is 10.1. The van der Waals surface area contributed by atoms with Crippen LogP contribution in [0.4, 0.5) is 0 Å². The zero-order chi connectivity index (χ0) is 19.2. The third kappa shape index (κ3) is 5.35. The van der Waals surface area contributed by atoms with E-state index in [9.17, 15) is 10.2 Å². The minimum atomic E-state index is -0.471. The highest BCUT2D eigenvalue weighted by Gasteiger charge is 2.30. The van der Waals surface area contributed by atoms with Gasteiger partial charge in [0.15, 0.2) is 11.5 Å². The molecule has 2 aliphatic rings. The first-order chi connectivity index (χ1) is 13.1. The lowest BCUT2D eigenvalue weighted by Gasteiger charge is -2.33. The Hall–Kier alpha value is -1.34. The van der Waals surface area contributed by atoms with Gasteiger partial charge in [-0.25, -0.2) is 0 Å². The molecule has 1 saturated carbocycles. The largest absolute Gasteiger partial charge is 0.493 e. The van der Waals surface area contributed by atoms with Crippen molar-refractivity contribution >= 4 is 0 Å². The molecule has 152 valence electrons. The van der Waals surface area contributed by atoms with E-state index in [0.29, 0.717) is 30.4 Å². The van der Waals surface area contributed by atoms with Crippen LogP contribution < -0.4 is 9.47 Å². The van der Waals surface area contributed by atoms with Gasteiger partial charge in [0.05, 0.1) is 44.2 Å². The van der Waals surface area contributed by atoms with E-state index in [2.05, 4.69) is 0 Å². The summed E-state index contributed by atoms with van der Waals surface area (Å²) in [7, 11) is 1.64. The van der Waals surface area contributed by atoms with Gasteiger partial charge in [0.2, 0.25) is 0 Å². The molecule has 3 unspecified atom stereocenters. The Bertz CT molecular complexity index is 584. The van der Waals surface area contributed by atoms with E-state index in [4.69, 9.17) is 18.9 Å². The van der Waals surface area contributed by atoms with Crippen LogP contribution in [0.5, 0.6) is 11.5 Å². The Balaban J connectivity index is 1.68. The fourth-order valence-electron chi connectivity index (χ4n) is 4.04. The van der Waals surface area contributed by atoms with Gasteiger partial charge in [-0.1, -0.05) is 6.07 Å². The van der Waals surface area contributed by atoms with Gasteiger partial charge in [-0.05, 0) is 50.3 Å². The monoisotopic (exact) mass is 380 g/mol. The Labute approximate surface area is 161 Å². The minimum Gasteiger partial charge on any atom is -0.493 e. The third-order valence-corrected chi connectivity index (χ3v) is 5.46. The van der Waals surface area contributed by atoms with Gasteiger partial charge in [-0.3, -0.25) is 0 Å². The van der Waals surface area contributed by atoms with Crippen LogP contribution in [0.2, 0.25) is 0 Å². The van der Waals surface area contributed by atoms with Crippen molar-refractivity contribution in [2.24, 2.45) is 0 Å². The molecule has 1 aromatic carbocycles. The lowest BCUT2D eigenvalue weighted by Crippen LogP contribution is -2.33. The van der Waals surface area contributed by atoms with Crippen LogP contribution in [0.25, 0.3) is 0 Å². The van der Waals surface area contributed by atoms with Crippen molar-refractivity contribution in [3.05, 3.63) is 23.8 Å². The molecule has 0 amide bonds. The fourth-order valence-corrected chi connectivity index (χ4v) is 4.04. The standard InChI is InChI=1S/C21H32O6/c1-3-25-16-5-7-17(8-6-16)26-21-10-14(4-9-19(21)24-2)20-12-15(23)11-18(13-22)27-20/h4,9-10,15-18,20,22-23H,3,5-8,11-13H2,1-2H3. The molecule has 0 radical (unpaired) electrons. The quantitative estimate of drug-likeness (QED) is 0.757. The number of aliphatic hydroxyl groups is 2. The van der Waals surface area contributed by atoms with Crippen LogP contribution in [0.15, 0.2) is 18.2 Å². The summed E-state index contributed by atoms with van der Waals surface area (Å²) in [6, 6.07) is 5.77. The predicted molar refractivity (Wildman–Crippen MR) is 101 cm³/mol. The molecular weight excluding hydrogens is 348 g/mol. The van der Waals surface area contributed by atoms with Gasteiger partial charge in [0.25, 0.3) is 0 Å². The molecule has 27 heavy (non-hydrogen) atoms. The lowest BCUT2D eigenvalue weighted by atomic mass is 9.94. The number of hydrogen-bond donors (Lipinski definition) is 2. The highest BCUT2D eigenvalue weighted by Crippen LogP contribution is 2.38. The summed E-state index contributed by atoms with van der Waals surface area (Å²) in [6.45, 7) is 2.70. The topological polar surface area (TPSA) is 77.4 Å². The van der Waals surface area contributed by atoms with Crippen LogP contribution >= 0.6 is 0 Å². The summed E-state index contributed by atoms with van der Waals surface area (Å²) in [5, 5.41) is 19.5. The van der Waals surface area contributed by atoms with E-state index in [-0.39, 0.29) is 24.9 Å². The van der Waals surface area contributed by atoms with Gasteiger partial charge in [-0.15, -0.1) is 0 Å². The molecule has 3 rings (SSSR count). The van der Waals surface area contributed by atoms with Crippen LogP contribution in [-0.2, 0) is 9.47 Å². The second-order valence-electron chi connectivity index (χ2n) is 7.44. The van der Waals surface area contributed by atoms with Crippen molar-refractivity contribution in [3.63, 3.8) is 0 Å².